The summed E-state index contributed by atoms with van der Waals surface area (Å²) in [5.41, 5.74) is 2.90. The van der Waals surface area contributed by atoms with Crippen molar-refractivity contribution < 1.29 is 9.84 Å². The lowest BCUT2D eigenvalue weighted by molar-refractivity contribution is 0.304. The largest absolute Gasteiger partial charge is 0.497 e. The number of likely N-dealkylation sites (N-methyl/N-ethyl adjacent to an activating group) is 1. The lowest BCUT2D eigenvalue weighted by Crippen LogP contribution is -2.20. The summed E-state index contributed by atoms with van der Waals surface area (Å²) in [5, 5.41) is 10.6. The first-order valence-corrected chi connectivity index (χ1v) is 10.2. The molecule has 4 nitrogen and oxygen atoms in total. The van der Waals surface area contributed by atoms with Gasteiger partial charge in [0.1, 0.15) is 0 Å². The highest BCUT2D eigenvalue weighted by Gasteiger charge is 2.39. The van der Waals surface area contributed by atoms with Gasteiger partial charge in [0.15, 0.2) is 5.05 Å². The van der Waals surface area contributed by atoms with E-state index in [1.165, 1.54) is 28.0 Å². The molecule has 3 rings (SSSR count). The number of hydrogen-bond acceptors (Lipinski definition) is 6. The molecule has 0 radical (unpaired) electrons. The van der Waals surface area contributed by atoms with E-state index in [2.05, 4.69) is 35.7 Å². The quantitative estimate of drug-likeness (QED) is 0.442. The summed E-state index contributed by atoms with van der Waals surface area (Å²) >= 11 is 8.54. The second kappa shape index (κ2) is 7.12. The SMILES string of the molecule is [C-]#[N+]/C(=C\c1cc2c(s1)-c1sc(N(C)CCO)cc1C2(C)C)C(=S)OC. The zero-order chi connectivity index (χ0) is 19.1. The van der Waals surface area contributed by atoms with Crippen LogP contribution in [0.25, 0.3) is 20.7 Å². The van der Waals surface area contributed by atoms with Gasteiger partial charge in [-0.3, -0.25) is 0 Å². The maximum absolute atomic E-state index is 9.20. The second-order valence-corrected chi connectivity index (χ2v) is 9.11. The van der Waals surface area contributed by atoms with E-state index < -0.39 is 0 Å². The van der Waals surface area contributed by atoms with E-state index in [0.29, 0.717) is 12.2 Å². The number of aliphatic hydroxyl groups excluding tert-OH is 1. The molecule has 0 atom stereocenters. The molecule has 1 N–H and O–H groups in total. The summed E-state index contributed by atoms with van der Waals surface area (Å²) in [5.74, 6) is 0. The predicted molar refractivity (Wildman–Crippen MR) is 114 cm³/mol. The summed E-state index contributed by atoms with van der Waals surface area (Å²) in [4.78, 5) is 9.13. The number of nitrogens with zero attached hydrogens (tertiary/aromatic N) is 2. The average molecular weight is 405 g/mol. The van der Waals surface area contributed by atoms with Gasteiger partial charge in [0, 0.05) is 28.8 Å². The molecule has 2 aromatic rings. The monoisotopic (exact) mass is 404 g/mol. The minimum atomic E-state index is -0.0813. The average Bonchev–Trinajstić information content (AvgIpc) is 3.27. The Labute approximate surface area is 167 Å². The molecule has 0 fully saturated rings. The van der Waals surface area contributed by atoms with Gasteiger partial charge in [-0.1, -0.05) is 26.1 Å². The minimum absolute atomic E-state index is 0.0813. The zero-order valence-electron chi connectivity index (χ0n) is 15.1. The lowest BCUT2D eigenvalue weighted by atomic mass is 9.84. The Kier molecular flexibility index (Phi) is 5.22. The van der Waals surface area contributed by atoms with Crippen molar-refractivity contribution in [2.24, 2.45) is 0 Å². The predicted octanol–water partition coefficient (Wildman–Crippen LogP) is 4.78. The molecule has 1 aliphatic rings. The van der Waals surface area contributed by atoms with Gasteiger partial charge in [-0.05, 0) is 29.3 Å². The highest BCUT2D eigenvalue weighted by molar-refractivity contribution is 7.80. The molecule has 136 valence electrons. The Morgan fingerprint density at radius 3 is 2.62 bits per heavy atom. The van der Waals surface area contributed by atoms with Crippen LogP contribution in [0, 0.1) is 6.57 Å². The number of hydrogen-bond donors (Lipinski definition) is 1. The lowest BCUT2D eigenvalue weighted by Gasteiger charge is -2.20. The number of anilines is 1. The van der Waals surface area contributed by atoms with Crippen molar-refractivity contribution in [3.05, 3.63) is 45.3 Å². The highest BCUT2D eigenvalue weighted by Crippen LogP contribution is 2.57. The standard InChI is InChI=1S/C19H20N2O2S3/c1-19(2)12-8-11(9-14(20-3)18(24)23-5)25-16(12)17-13(19)10-15(26-17)21(4)6-7-22/h8-10,22H,6-7H2,1-2,4-5H3/b14-9-. The van der Waals surface area contributed by atoms with Gasteiger partial charge in [0.2, 0.25) is 5.70 Å². The third-order valence-electron chi connectivity index (χ3n) is 4.63. The van der Waals surface area contributed by atoms with Crippen molar-refractivity contribution >= 4 is 51.0 Å². The van der Waals surface area contributed by atoms with Crippen molar-refractivity contribution in [1.29, 1.82) is 0 Å². The maximum Gasteiger partial charge on any atom is 0.240 e. The molecule has 0 aromatic carbocycles. The number of fused-ring (bicyclic) bond motifs is 3. The van der Waals surface area contributed by atoms with Crippen molar-refractivity contribution in [2.75, 3.05) is 32.2 Å². The van der Waals surface area contributed by atoms with E-state index in [4.69, 9.17) is 23.5 Å². The first-order valence-electron chi connectivity index (χ1n) is 8.12. The van der Waals surface area contributed by atoms with E-state index in [-0.39, 0.29) is 17.1 Å². The van der Waals surface area contributed by atoms with Gasteiger partial charge < -0.3 is 14.7 Å². The van der Waals surface area contributed by atoms with E-state index in [0.717, 1.165) is 9.88 Å². The summed E-state index contributed by atoms with van der Waals surface area (Å²) < 4.78 is 5.03. The third-order valence-corrected chi connectivity index (χ3v) is 7.50. The van der Waals surface area contributed by atoms with Crippen LogP contribution in [0.2, 0.25) is 0 Å². The molecule has 0 spiro atoms. The van der Waals surface area contributed by atoms with Crippen LogP contribution in [0.3, 0.4) is 0 Å². The summed E-state index contributed by atoms with van der Waals surface area (Å²) in [6.45, 7) is 12.5. The molecule has 0 saturated heterocycles. The smallest absolute Gasteiger partial charge is 0.240 e. The van der Waals surface area contributed by atoms with Crippen LogP contribution in [0.1, 0.15) is 29.9 Å². The highest BCUT2D eigenvalue weighted by atomic mass is 32.1. The normalized spacial score (nSPS) is 14.5. The fraction of sp³-hybridized carbons (Fsp3) is 0.368. The van der Waals surface area contributed by atoms with Crippen LogP contribution in [0.4, 0.5) is 5.00 Å². The summed E-state index contributed by atoms with van der Waals surface area (Å²) in [6, 6.07) is 4.40. The fourth-order valence-electron chi connectivity index (χ4n) is 3.09. The van der Waals surface area contributed by atoms with E-state index in [1.807, 2.05) is 13.1 Å². The second-order valence-electron chi connectivity index (χ2n) is 6.62. The first-order chi connectivity index (χ1) is 12.3. The first kappa shape index (κ1) is 19.1. The van der Waals surface area contributed by atoms with Crippen molar-refractivity contribution in [2.45, 2.75) is 19.3 Å². The number of thiocarbonyl (C=S) groups is 1. The molecule has 7 heteroatoms. The zero-order valence-corrected chi connectivity index (χ0v) is 17.6. The molecule has 2 heterocycles. The summed E-state index contributed by atoms with van der Waals surface area (Å²) in [7, 11) is 3.49. The van der Waals surface area contributed by atoms with Gasteiger partial charge in [0.05, 0.1) is 30.2 Å². The topological polar surface area (TPSA) is 37.1 Å². The number of thiophene rings is 2. The van der Waals surface area contributed by atoms with Crippen molar-refractivity contribution in [1.82, 2.24) is 0 Å². The molecule has 0 amide bonds. The molecule has 0 bridgehead atoms. The third kappa shape index (κ3) is 3.08. The molecule has 2 aromatic heterocycles. The van der Waals surface area contributed by atoms with Crippen molar-refractivity contribution in [3.8, 4) is 9.75 Å². The molecule has 0 saturated carbocycles. The number of ether oxygens (including phenoxy) is 1. The number of methoxy groups -OCH3 is 1. The minimum Gasteiger partial charge on any atom is -0.497 e. The van der Waals surface area contributed by atoms with Crippen LogP contribution >= 0.6 is 34.9 Å². The van der Waals surface area contributed by atoms with Gasteiger partial charge in [-0.25, -0.2) is 4.85 Å². The van der Waals surface area contributed by atoms with E-state index >= 15 is 0 Å². The molecule has 1 aliphatic carbocycles. The Balaban J connectivity index is 2.05. The number of rotatable bonds is 5. The summed E-state index contributed by atoms with van der Waals surface area (Å²) in [6.07, 6.45) is 1.81. The Morgan fingerprint density at radius 2 is 2.00 bits per heavy atom. The number of aliphatic hydroxyl groups is 1. The van der Waals surface area contributed by atoms with Crippen LogP contribution in [0.5, 0.6) is 0 Å². The Morgan fingerprint density at radius 1 is 1.35 bits per heavy atom. The Bertz CT molecular complexity index is 931. The van der Waals surface area contributed by atoms with Crippen LogP contribution < -0.4 is 4.90 Å². The van der Waals surface area contributed by atoms with E-state index in [1.54, 1.807) is 22.7 Å². The maximum atomic E-state index is 9.20. The van der Waals surface area contributed by atoms with Gasteiger partial charge in [-0.15, -0.1) is 22.7 Å². The van der Waals surface area contributed by atoms with Gasteiger partial charge >= 0.3 is 0 Å². The van der Waals surface area contributed by atoms with Crippen LogP contribution in [-0.2, 0) is 10.2 Å². The molecule has 0 aliphatic heterocycles. The molecule has 26 heavy (non-hydrogen) atoms. The van der Waals surface area contributed by atoms with Crippen LogP contribution in [0.15, 0.2) is 17.8 Å². The van der Waals surface area contributed by atoms with Gasteiger partial charge in [-0.2, -0.15) is 0 Å². The Hall–Kier alpha value is -1.72. The molecular formula is C19H20N2O2S3. The molecule has 0 unspecified atom stereocenters. The van der Waals surface area contributed by atoms with Crippen molar-refractivity contribution in [3.63, 3.8) is 0 Å². The van der Waals surface area contributed by atoms with E-state index in [9.17, 15) is 5.11 Å². The van der Waals surface area contributed by atoms with Gasteiger partial charge in [0.25, 0.3) is 0 Å². The fourth-order valence-corrected chi connectivity index (χ4v) is 5.92. The molecular weight excluding hydrogens is 384 g/mol. The van der Waals surface area contributed by atoms with Crippen LogP contribution in [-0.4, -0.2) is 37.5 Å².